The quantitative estimate of drug-likeness (QED) is 0.765. The number of aromatic nitrogens is 2. The van der Waals surface area contributed by atoms with Gasteiger partial charge in [-0.05, 0) is 28.4 Å². The minimum absolute atomic E-state index is 0.410. The van der Waals surface area contributed by atoms with Gasteiger partial charge >= 0.3 is 0 Å². The summed E-state index contributed by atoms with van der Waals surface area (Å²) in [5, 5.41) is 10.9. The molecule has 1 aromatic carbocycles. The van der Waals surface area contributed by atoms with E-state index in [4.69, 9.17) is 15.1 Å². The lowest BCUT2D eigenvalue weighted by atomic mass is 10.2. The van der Waals surface area contributed by atoms with E-state index in [2.05, 4.69) is 22.6 Å². The van der Waals surface area contributed by atoms with Crippen molar-refractivity contribution in [3.05, 3.63) is 12.1 Å². The van der Waals surface area contributed by atoms with E-state index in [1.165, 1.54) is 0 Å². The molecule has 2 aromatic rings. The van der Waals surface area contributed by atoms with Crippen LogP contribution in [0, 0.1) is 5.92 Å². The Labute approximate surface area is 99.1 Å². The van der Waals surface area contributed by atoms with E-state index in [0.29, 0.717) is 29.2 Å². The molecule has 92 valence electrons. The van der Waals surface area contributed by atoms with Crippen LogP contribution >= 0.6 is 0 Å². The summed E-state index contributed by atoms with van der Waals surface area (Å²) in [7, 11) is 1.69. The molecule has 1 unspecified atom stereocenters. The van der Waals surface area contributed by atoms with Crippen LogP contribution in [0.3, 0.4) is 0 Å². The highest BCUT2D eigenvalue weighted by Gasteiger charge is 2.10. The molecule has 6 nitrogen and oxygen atoms in total. The van der Waals surface area contributed by atoms with Crippen molar-refractivity contribution in [2.24, 2.45) is 5.92 Å². The largest absolute Gasteiger partial charge is 0.397 e. The number of fused-ring (bicyclic) bond motifs is 1. The molecule has 6 heteroatoms. The SMILES string of the molecule is COCC(C)CNc1ccc(N)c2nonc12. The van der Waals surface area contributed by atoms with Crippen LogP contribution in [-0.2, 0) is 4.74 Å². The Balaban J connectivity index is 2.13. The summed E-state index contributed by atoms with van der Waals surface area (Å²) in [6.45, 7) is 3.61. The van der Waals surface area contributed by atoms with E-state index in [0.717, 1.165) is 12.2 Å². The molecule has 1 aromatic heterocycles. The Kier molecular flexibility index (Phi) is 3.43. The molecule has 0 saturated heterocycles. The first-order chi connectivity index (χ1) is 8.22. The standard InChI is InChI=1S/C11H16N4O2/c1-7(6-16-2)5-13-9-4-3-8(12)10-11(9)15-17-14-10/h3-4,7,13H,5-6,12H2,1-2H3. The smallest absolute Gasteiger partial charge is 0.160 e. The monoisotopic (exact) mass is 236 g/mol. The molecule has 0 saturated carbocycles. The fourth-order valence-electron chi connectivity index (χ4n) is 1.66. The number of nitrogens with two attached hydrogens (primary N) is 1. The Hall–Kier alpha value is -1.82. The maximum absolute atomic E-state index is 5.76. The number of hydrogen-bond acceptors (Lipinski definition) is 6. The van der Waals surface area contributed by atoms with Crippen LogP contribution in [0.4, 0.5) is 11.4 Å². The molecule has 1 heterocycles. The molecule has 0 fully saturated rings. The summed E-state index contributed by atoms with van der Waals surface area (Å²) in [5.41, 5.74) is 8.46. The van der Waals surface area contributed by atoms with Crippen molar-refractivity contribution in [1.82, 2.24) is 10.3 Å². The van der Waals surface area contributed by atoms with E-state index in [1.807, 2.05) is 6.07 Å². The average molecular weight is 236 g/mol. The van der Waals surface area contributed by atoms with E-state index in [-0.39, 0.29) is 0 Å². The number of nitrogen functional groups attached to an aromatic ring is 1. The van der Waals surface area contributed by atoms with Crippen LogP contribution in [0.25, 0.3) is 11.0 Å². The minimum atomic E-state index is 0.410. The number of nitrogens with one attached hydrogen (secondary N) is 1. The normalized spacial score (nSPS) is 12.8. The summed E-state index contributed by atoms with van der Waals surface area (Å²) in [5.74, 6) is 0.410. The van der Waals surface area contributed by atoms with Gasteiger partial charge < -0.3 is 15.8 Å². The number of benzene rings is 1. The second-order valence-corrected chi connectivity index (χ2v) is 4.11. The number of anilines is 2. The van der Waals surface area contributed by atoms with Gasteiger partial charge in [-0.2, -0.15) is 0 Å². The van der Waals surface area contributed by atoms with Crippen LogP contribution in [-0.4, -0.2) is 30.6 Å². The highest BCUT2D eigenvalue weighted by molar-refractivity contribution is 5.94. The fourth-order valence-corrected chi connectivity index (χ4v) is 1.66. The molecule has 0 aliphatic rings. The first kappa shape index (κ1) is 11.7. The van der Waals surface area contributed by atoms with Gasteiger partial charge in [-0.1, -0.05) is 6.92 Å². The van der Waals surface area contributed by atoms with Gasteiger partial charge in [0.25, 0.3) is 0 Å². The zero-order chi connectivity index (χ0) is 12.3. The lowest BCUT2D eigenvalue weighted by Gasteiger charge is -2.12. The van der Waals surface area contributed by atoms with Gasteiger partial charge in [0.2, 0.25) is 0 Å². The molecule has 0 aliphatic carbocycles. The van der Waals surface area contributed by atoms with Crippen molar-refractivity contribution in [2.75, 3.05) is 31.3 Å². The Morgan fingerprint density at radius 1 is 1.41 bits per heavy atom. The van der Waals surface area contributed by atoms with Gasteiger partial charge in [0, 0.05) is 13.7 Å². The summed E-state index contributed by atoms with van der Waals surface area (Å²) in [6.07, 6.45) is 0. The highest BCUT2D eigenvalue weighted by Crippen LogP contribution is 2.25. The lowest BCUT2D eigenvalue weighted by Crippen LogP contribution is -2.16. The number of ether oxygens (including phenoxy) is 1. The second-order valence-electron chi connectivity index (χ2n) is 4.11. The van der Waals surface area contributed by atoms with Gasteiger partial charge in [0.05, 0.1) is 18.0 Å². The third kappa shape index (κ3) is 2.47. The van der Waals surface area contributed by atoms with Crippen molar-refractivity contribution < 1.29 is 9.37 Å². The molecule has 1 atom stereocenters. The minimum Gasteiger partial charge on any atom is -0.397 e. The van der Waals surface area contributed by atoms with Crippen LogP contribution in [0.15, 0.2) is 16.8 Å². The molecule has 0 radical (unpaired) electrons. The molecule has 17 heavy (non-hydrogen) atoms. The van der Waals surface area contributed by atoms with E-state index >= 15 is 0 Å². The highest BCUT2D eigenvalue weighted by atomic mass is 16.6. The van der Waals surface area contributed by atoms with E-state index in [9.17, 15) is 0 Å². The third-order valence-corrected chi connectivity index (χ3v) is 2.54. The molecule has 0 bridgehead atoms. The lowest BCUT2D eigenvalue weighted by molar-refractivity contribution is 0.164. The zero-order valence-corrected chi connectivity index (χ0v) is 9.93. The summed E-state index contributed by atoms with van der Waals surface area (Å²) in [4.78, 5) is 0. The maximum Gasteiger partial charge on any atom is 0.160 e. The van der Waals surface area contributed by atoms with Crippen molar-refractivity contribution in [1.29, 1.82) is 0 Å². The Bertz CT molecular complexity index is 497. The summed E-state index contributed by atoms with van der Waals surface area (Å²) < 4.78 is 9.77. The van der Waals surface area contributed by atoms with Crippen LogP contribution in [0.2, 0.25) is 0 Å². The maximum atomic E-state index is 5.76. The number of hydrogen-bond donors (Lipinski definition) is 2. The molecule has 2 rings (SSSR count). The average Bonchev–Trinajstić information content (AvgIpc) is 2.78. The zero-order valence-electron chi connectivity index (χ0n) is 9.93. The van der Waals surface area contributed by atoms with E-state index < -0.39 is 0 Å². The number of methoxy groups -OCH3 is 1. The van der Waals surface area contributed by atoms with Crippen molar-refractivity contribution >= 4 is 22.4 Å². The summed E-state index contributed by atoms with van der Waals surface area (Å²) in [6, 6.07) is 3.66. The predicted octanol–water partition coefficient (Wildman–Crippen LogP) is 1.50. The van der Waals surface area contributed by atoms with Crippen molar-refractivity contribution in [2.45, 2.75) is 6.92 Å². The Morgan fingerprint density at radius 2 is 2.18 bits per heavy atom. The first-order valence-corrected chi connectivity index (χ1v) is 5.46. The summed E-state index contributed by atoms with van der Waals surface area (Å²) >= 11 is 0. The molecular weight excluding hydrogens is 220 g/mol. The van der Waals surface area contributed by atoms with Crippen LogP contribution in [0.1, 0.15) is 6.92 Å². The third-order valence-electron chi connectivity index (χ3n) is 2.54. The molecule has 0 amide bonds. The number of nitrogens with zero attached hydrogens (tertiary/aromatic N) is 2. The second kappa shape index (κ2) is 5.01. The van der Waals surface area contributed by atoms with Crippen molar-refractivity contribution in [3.63, 3.8) is 0 Å². The van der Waals surface area contributed by atoms with Crippen LogP contribution in [0.5, 0.6) is 0 Å². The molecule has 0 aliphatic heterocycles. The molecule has 3 N–H and O–H groups in total. The van der Waals surface area contributed by atoms with Gasteiger partial charge in [-0.3, -0.25) is 0 Å². The molecular formula is C11H16N4O2. The van der Waals surface area contributed by atoms with Crippen LogP contribution < -0.4 is 11.1 Å². The van der Waals surface area contributed by atoms with E-state index in [1.54, 1.807) is 13.2 Å². The van der Waals surface area contributed by atoms with Gasteiger partial charge in [-0.25, -0.2) is 4.63 Å². The molecule has 0 spiro atoms. The first-order valence-electron chi connectivity index (χ1n) is 5.46. The fraction of sp³-hybridized carbons (Fsp3) is 0.455. The number of rotatable bonds is 5. The predicted molar refractivity (Wildman–Crippen MR) is 65.7 cm³/mol. The van der Waals surface area contributed by atoms with Gasteiger partial charge in [0.15, 0.2) is 11.0 Å². The Morgan fingerprint density at radius 3 is 2.94 bits per heavy atom. The topological polar surface area (TPSA) is 86.2 Å². The van der Waals surface area contributed by atoms with Gasteiger partial charge in [-0.15, -0.1) is 0 Å². The van der Waals surface area contributed by atoms with Crippen molar-refractivity contribution in [3.8, 4) is 0 Å². The van der Waals surface area contributed by atoms with Gasteiger partial charge in [0.1, 0.15) is 0 Å².